The summed E-state index contributed by atoms with van der Waals surface area (Å²) in [4.78, 5) is 24.8. The minimum Gasteiger partial charge on any atom is -0.246 e. The lowest BCUT2D eigenvalue weighted by Gasteiger charge is -2.52. The van der Waals surface area contributed by atoms with Crippen LogP contribution in [-0.2, 0) is 7.05 Å². The monoisotopic (exact) mass is 273 g/mol. The van der Waals surface area contributed by atoms with Gasteiger partial charge < -0.3 is 0 Å². The third kappa shape index (κ3) is 0.980. The second-order valence-electron chi connectivity index (χ2n) is 7.02. The maximum atomic E-state index is 12.5. The largest absolute Gasteiger partial charge is 0.347 e. The first kappa shape index (κ1) is 11.2. The van der Waals surface area contributed by atoms with Gasteiger partial charge in [0, 0.05) is 12.5 Å². The minimum absolute atomic E-state index is 0.101. The summed E-state index contributed by atoms with van der Waals surface area (Å²) in [5.41, 5.74) is -0.0257. The predicted octanol–water partition coefficient (Wildman–Crippen LogP) is 1.21. The van der Waals surface area contributed by atoms with E-state index in [2.05, 4.69) is 12.2 Å². The molecule has 1 aromatic rings. The number of allylic oxidation sites excluding steroid dienone is 2. The summed E-state index contributed by atoms with van der Waals surface area (Å²) in [6.45, 7) is 0. The Hall–Kier alpha value is -1.52. The van der Waals surface area contributed by atoms with Crippen LogP contribution in [0.3, 0.4) is 0 Å². The van der Waals surface area contributed by atoms with Gasteiger partial charge in [0.25, 0.3) is 0 Å². The summed E-state index contributed by atoms with van der Waals surface area (Å²) < 4.78 is 4.78. The van der Waals surface area contributed by atoms with Crippen molar-refractivity contribution in [3.05, 3.63) is 33.1 Å². The average molecular weight is 273 g/mol. The standard InChI is InChI=1S/C15H19N3O2/c1-16-13(19)17-11-6-7-12(18(17)14(16)20)15(9-4-5-9)8-2-3-10(11)15/h6-7,9-12H,2-5,8H2,1H3/t10-,11+,12+,15+/m1/s1. The molecular formula is C15H19N3O2. The number of rotatable bonds is 1. The van der Waals surface area contributed by atoms with Gasteiger partial charge in [-0.15, -0.1) is 0 Å². The van der Waals surface area contributed by atoms with E-state index in [1.165, 1.54) is 36.7 Å². The fourth-order valence-corrected chi connectivity index (χ4v) is 5.50. The molecule has 5 nitrogen and oxygen atoms in total. The Morgan fingerprint density at radius 3 is 2.60 bits per heavy atom. The van der Waals surface area contributed by atoms with E-state index in [1.54, 1.807) is 16.4 Å². The molecular weight excluding hydrogens is 254 g/mol. The number of aromatic nitrogens is 3. The van der Waals surface area contributed by atoms with Gasteiger partial charge in [-0.1, -0.05) is 18.6 Å². The van der Waals surface area contributed by atoms with Gasteiger partial charge >= 0.3 is 11.4 Å². The fraction of sp³-hybridized carbons (Fsp3) is 0.733. The highest BCUT2D eigenvalue weighted by Gasteiger charge is 2.63. The van der Waals surface area contributed by atoms with Crippen molar-refractivity contribution < 1.29 is 0 Å². The van der Waals surface area contributed by atoms with Crippen molar-refractivity contribution in [1.82, 2.24) is 13.9 Å². The molecule has 0 amide bonds. The molecule has 3 heterocycles. The summed E-state index contributed by atoms with van der Waals surface area (Å²) in [6.07, 6.45) is 10.7. The summed E-state index contributed by atoms with van der Waals surface area (Å²) >= 11 is 0. The van der Waals surface area contributed by atoms with E-state index in [9.17, 15) is 9.59 Å². The fourth-order valence-electron chi connectivity index (χ4n) is 5.50. The molecule has 0 unspecified atom stereocenters. The molecule has 3 aliphatic carbocycles. The zero-order valence-electron chi connectivity index (χ0n) is 11.7. The molecule has 5 aliphatic rings. The Balaban J connectivity index is 1.85. The molecule has 2 fully saturated rings. The molecule has 0 spiro atoms. The van der Waals surface area contributed by atoms with Gasteiger partial charge in [0.2, 0.25) is 0 Å². The molecule has 20 heavy (non-hydrogen) atoms. The average Bonchev–Trinajstić information content (AvgIpc) is 3.18. The molecule has 0 aromatic carbocycles. The Morgan fingerprint density at radius 2 is 1.85 bits per heavy atom. The number of hydrogen-bond acceptors (Lipinski definition) is 2. The smallest absolute Gasteiger partial charge is 0.246 e. The van der Waals surface area contributed by atoms with Gasteiger partial charge in [0.1, 0.15) is 0 Å². The number of hydrogen-bond donors (Lipinski definition) is 0. The third-order valence-corrected chi connectivity index (χ3v) is 6.35. The molecule has 4 atom stereocenters. The minimum atomic E-state index is -0.148. The van der Waals surface area contributed by atoms with Crippen molar-refractivity contribution in [2.24, 2.45) is 24.3 Å². The first-order valence-electron chi connectivity index (χ1n) is 7.74. The SMILES string of the molecule is Cn1c(=O)n2n(c1=O)[C@H]1C=C[C@H]2[C@]2(C3CC3)CCC[C@H]12. The van der Waals surface area contributed by atoms with Crippen molar-refractivity contribution in [3.63, 3.8) is 0 Å². The van der Waals surface area contributed by atoms with Crippen molar-refractivity contribution in [2.45, 2.75) is 44.2 Å². The molecule has 5 heteroatoms. The maximum Gasteiger partial charge on any atom is 0.347 e. The Kier molecular flexibility index (Phi) is 1.79. The van der Waals surface area contributed by atoms with Crippen molar-refractivity contribution >= 4 is 0 Å². The van der Waals surface area contributed by atoms with Crippen LogP contribution < -0.4 is 11.4 Å². The highest BCUT2D eigenvalue weighted by Crippen LogP contribution is 2.68. The molecule has 0 saturated heterocycles. The zero-order chi connectivity index (χ0) is 13.6. The first-order chi connectivity index (χ1) is 9.66. The van der Waals surface area contributed by atoms with Gasteiger partial charge in [-0.05, 0) is 37.5 Å². The topological polar surface area (TPSA) is 48.9 Å². The van der Waals surface area contributed by atoms with Crippen LogP contribution in [0.2, 0.25) is 0 Å². The van der Waals surface area contributed by atoms with Gasteiger partial charge in [-0.25, -0.2) is 23.5 Å². The zero-order valence-corrected chi connectivity index (χ0v) is 11.7. The third-order valence-electron chi connectivity index (χ3n) is 6.35. The molecule has 1 aromatic heterocycles. The normalized spacial score (nSPS) is 41.0. The summed E-state index contributed by atoms with van der Waals surface area (Å²) in [5.74, 6) is 1.33. The van der Waals surface area contributed by atoms with E-state index in [-0.39, 0.29) is 28.9 Å². The van der Waals surface area contributed by atoms with Crippen LogP contribution in [0.1, 0.15) is 44.2 Å². The van der Waals surface area contributed by atoms with Crippen LogP contribution in [0, 0.1) is 17.3 Å². The predicted molar refractivity (Wildman–Crippen MR) is 73.6 cm³/mol. The van der Waals surface area contributed by atoms with E-state index in [0.717, 1.165) is 5.92 Å². The van der Waals surface area contributed by atoms with Crippen molar-refractivity contribution in [3.8, 4) is 0 Å². The van der Waals surface area contributed by atoms with E-state index in [0.29, 0.717) is 5.92 Å². The quantitative estimate of drug-likeness (QED) is 0.722. The van der Waals surface area contributed by atoms with Crippen LogP contribution in [0.25, 0.3) is 0 Å². The summed E-state index contributed by atoms with van der Waals surface area (Å²) in [7, 11) is 1.60. The second kappa shape index (κ2) is 3.21. The van der Waals surface area contributed by atoms with Crippen LogP contribution >= 0.6 is 0 Å². The Bertz CT molecular complexity index is 748. The van der Waals surface area contributed by atoms with E-state index in [1.807, 2.05) is 0 Å². The summed E-state index contributed by atoms with van der Waals surface area (Å²) in [5, 5.41) is 0. The Morgan fingerprint density at radius 1 is 1.10 bits per heavy atom. The number of nitrogens with zero attached hydrogens (tertiary/aromatic N) is 3. The molecule has 2 aliphatic heterocycles. The molecule has 2 saturated carbocycles. The van der Waals surface area contributed by atoms with E-state index in [4.69, 9.17) is 0 Å². The molecule has 6 rings (SSSR count). The molecule has 2 bridgehead atoms. The van der Waals surface area contributed by atoms with Crippen LogP contribution in [0.5, 0.6) is 0 Å². The van der Waals surface area contributed by atoms with Crippen molar-refractivity contribution in [1.29, 1.82) is 0 Å². The lowest BCUT2D eigenvalue weighted by molar-refractivity contribution is 0.000448. The molecule has 0 N–H and O–H groups in total. The maximum absolute atomic E-state index is 12.5. The van der Waals surface area contributed by atoms with Gasteiger partial charge in [0.15, 0.2) is 0 Å². The van der Waals surface area contributed by atoms with Crippen molar-refractivity contribution in [2.75, 3.05) is 0 Å². The highest BCUT2D eigenvalue weighted by molar-refractivity contribution is 5.23. The van der Waals surface area contributed by atoms with Crippen LogP contribution in [0.4, 0.5) is 0 Å². The van der Waals surface area contributed by atoms with Crippen LogP contribution in [-0.4, -0.2) is 13.9 Å². The van der Waals surface area contributed by atoms with Gasteiger partial charge in [-0.3, -0.25) is 0 Å². The molecule has 0 radical (unpaired) electrons. The van der Waals surface area contributed by atoms with Crippen LogP contribution in [0.15, 0.2) is 21.7 Å². The highest BCUT2D eigenvalue weighted by atomic mass is 16.2. The molecule has 106 valence electrons. The van der Waals surface area contributed by atoms with Gasteiger partial charge in [-0.2, -0.15) is 0 Å². The first-order valence-corrected chi connectivity index (χ1v) is 7.74. The Labute approximate surface area is 116 Å². The van der Waals surface area contributed by atoms with E-state index >= 15 is 0 Å². The lowest BCUT2D eigenvalue weighted by Crippen LogP contribution is -2.54. The lowest BCUT2D eigenvalue weighted by atomic mass is 9.61. The van der Waals surface area contributed by atoms with E-state index < -0.39 is 0 Å². The summed E-state index contributed by atoms with van der Waals surface area (Å²) in [6, 6.07) is 0.207. The second-order valence-corrected chi connectivity index (χ2v) is 7.02. The van der Waals surface area contributed by atoms with Gasteiger partial charge in [0.05, 0.1) is 12.1 Å².